The zero-order chi connectivity index (χ0) is 10.7. The van der Waals surface area contributed by atoms with E-state index >= 15 is 0 Å². The minimum absolute atomic E-state index is 0.482. The molecule has 2 aromatic rings. The van der Waals surface area contributed by atoms with Crippen LogP contribution in [0.5, 0.6) is 11.6 Å². The van der Waals surface area contributed by atoms with E-state index in [0.717, 1.165) is 5.75 Å². The first-order valence-corrected chi connectivity index (χ1v) is 4.89. The van der Waals surface area contributed by atoms with E-state index in [1.54, 1.807) is 6.20 Å². The Morgan fingerprint density at radius 1 is 1.33 bits per heavy atom. The maximum absolute atomic E-state index is 5.50. The van der Waals surface area contributed by atoms with E-state index in [-0.39, 0.29) is 0 Å². The van der Waals surface area contributed by atoms with Gasteiger partial charge in [0.1, 0.15) is 11.9 Å². The third-order valence-corrected chi connectivity index (χ3v) is 2.14. The van der Waals surface area contributed by atoms with Crippen molar-refractivity contribution < 1.29 is 4.74 Å². The number of rotatable bonds is 3. The van der Waals surface area contributed by atoms with Gasteiger partial charge in [0.05, 0.1) is 0 Å². The number of hydrogen-bond donors (Lipinski definition) is 1. The molecule has 0 radical (unpaired) electrons. The standard InChI is InChI=1S/C11H13N3O/c1-8(2)9-4-3-5-10(6-9)15-11-7-12-14-13-11/h3-8H,1-2H3,(H,12,13,14). The van der Waals surface area contributed by atoms with Gasteiger partial charge in [-0.25, -0.2) is 0 Å². The van der Waals surface area contributed by atoms with Crippen molar-refractivity contribution in [1.82, 2.24) is 15.4 Å². The Labute approximate surface area is 88.3 Å². The first-order valence-electron chi connectivity index (χ1n) is 4.89. The minimum atomic E-state index is 0.482. The Kier molecular flexibility index (Phi) is 2.67. The highest BCUT2D eigenvalue weighted by molar-refractivity contribution is 5.32. The number of aromatic nitrogens is 3. The van der Waals surface area contributed by atoms with E-state index in [4.69, 9.17) is 4.74 Å². The molecular formula is C11H13N3O. The number of H-pyrrole nitrogens is 1. The van der Waals surface area contributed by atoms with Crippen molar-refractivity contribution in [3.05, 3.63) is 36.0 Å². The summed E-state index contributed by atoms with van der Waals surface area (Å²) in [4.78, 5) is 0. The van der Waals surface area contributed by atoms with E-state index in [1.165, 1.54) is 5.56 Å². The van der Waals surface area contributed by atoms with Crippen LogP contribution in [0.1, 0.15) is 25.3 Å². The number of nitrogens with one attached hydrogen (secondary N) is 1. The van der Waals surface area contributed by atoms with Gasteiger partial charge in [-0.2, -0.15) is 10.3 Å². The van der Waals surface area contributed by atoms with Crippen LogP contribution in [0.25, 0.3) is 0 Å². The molecule has 0 bridgehead atoms. The molecule has 1 heterocycles. The largest absolute Gasteiger partial charge is 0.436 e. The van der Waals surface area contributed by atoms with Crippen LogP contribution in [0.2, 0.25) is 0 Å². The maximum Gasteiger partial charge on any atom is 0.258 e. The number of ether oxygens (including phenoxy) is 1. The molecule has 0 saturated heterocycles. The summed E-state index contributed by atoms with van der Waals surface area (Å²) >= 11 is 0. The fourth-order valence-corrected chi connectivity index (χ4v) is 1.30. The molecule has 0 unspecified atom stereocenters. The molecule has 0 aliphatic rings. The van der Waals surface area contributed by atoms with Crippen LogP contribution in [0.3, 0.4) is 0 Å². The van der Waals surface area contributed by atoms with Crippen molar-refractivity contribution in [3.63, 3.8) is 0 Å². The molecular weight excluding hydrogens is 190 g/mol. The predicted molar refractivity (Wildman–Crippen MR) is 57.0 cm³/mol. The Morgan fingerprint density at radius 2 is 2.20 bits per heavy atom. The zero-order valence-electron chi connectivity index (χ0n) is 8.77. The molecule has 1 N–H and O–H groups in total. The molecule has 0 aliphatic carbocycles. The second-order valence-electron chi connectivity index (χ2n) is 3.64. The van der Waals surface area contributed by atoms with Gasteiger partial charge in [0.2, 0.25) is 0 Å². The van der Waals surface area contributed by atoms with Crippen LogP contribution in [-0.2, 0) is 0 Å². The summed E-state index contributed by atoms with van der Waals surface area (Å²) < 4.78 is 5.50. The Hall–Kier alpha value is -1.84. The zero-order valence-corrected chi connectivity index (χ0v) is 8.77. The van der Waals surface area contributed by atoms with Crippen molar-refractivity contribution >= 4 is 0 Å². The monoisotopic (exact) mass is 203 g/mol. The number of hydrogen-bond acceptors (Lipinski definition) is 3. The molecule has 2 rings (SSSR count). The summed E-state index contributed by atoms with van der Waals surface area (Å²) in [5.74, 6) is 1.76. The van der Waals surface area contributed by atoms with Crippen molar-refractivity contribution in [2.45, 2.75) is 19.8 Å². The number of benzene rings is 1. The van der Waals surface area contributed by atoms with E-state index in [2.05, 4.69) is 35.3 Å². The van der Waals surface area contributed by atoms with Crippen molar-refractivity contribution in [2.75, 3.05) is 0 Å². The predicted octanol–water partition coefficient (Wildman–Crippen LogP) is 2.72. The second-order valence-corrected chi connectivity index (χ2v) is 3.64. The van der Waals surface area contributed by atoms with Crippen LogP contribution >= 0.6 is 0 Å². The van der Waals surface area contributed by atoms with Crippen LogP contribution in [0, 0.1) is 0 Å². The Balaban J connectivity index is 2.18. The third-order valence-electron chi connectivity index (χ3n) is 2.14. The van der Waals surface area contributed by atoms with Crippen LogP contribution in [0.15, 0.2) is 30.5 Å². The van der Waals surface area contributed by atoms with E-state index < -0.39 is 0 Å². The molecule has 78 valence electrons. The number of nitrogens with zero attached hydrogens (tertiary/aromatic N) is 2. The normalized spacial score (nSPS) is 10.6. The average molecular weight is 203 g/mol. The van der Waals surface area contributed by atoms with Gasteiger partial charge in [0.25, 0.3) is 5.88 Å². The summed E-state index contributed by atoms with van der Waals surface area (Å²) in [6, 6.07) is 7.98. The lowest BCUT2D eigenvalue weighted by atomic mass is 10.0. The summed E-state index contributed by atoms with van der Waals surface area (Å²) in [7, 11) is 0. The van der Waals surface area contributed by atoms with Gasteiger partial charge in [-0.3, -0.25) is 0 Å². The van der Waals surface area contributed by atoms with E-state index in [1.807, 2.05) is 18.2 Å². The first-order chi connectivity index (χ1) is 7.25. The molecule has 1 aromatic heterocycles. The van der Waals surface area contributed by atoms with Crippen molar-refractivity contribution in [1.29, 1.82) is 0 Å². The molecule has 0 saturated carbocycles. The van der Waals surface area contributed by atoms with Gasteiger partial charge >= 0.3 is 0 Å². The van der Waals surface area contributed by atoms with Gasteiger partial charge in [-0.15, -0.1) is 5.10 Å². The molecule has 0 atom stereocenters. The molecule has 0 spiro atoms. The quantitative estimate of drug-likeness (QED) is 0.834. The maximum atomic E-state index is 5.50. The van der Waals surface area contributed by atoms with Crippen LogP contribution in [0.4, 0.5) is 0 Å². The van der Waals surface area contributed by atoms with Gasteiger partial charge in [-0.1, -0.05) is 26.0 Å². The van der Waals surface area contributed by atoms with Gasteiger partial charge in [0, 0.05) is 0 Å². The molecule has 1 aromatic carbocycles. The first kappa shape index (κ1) is 9.71. The van der Waals surface area contributed by atoms with Crippen LogP contribution < -0.4 is 4.74 Å². The molecule has 4 heteroatoms. The topological polar surface area (TPSA) is 50.8 Å². The van der Waals surface area contributed by atoms with E-state index in [9.17, 15) is 0 Å². The molecule has 0 aliphatic heterocycles. The van der Waals surface area contributed by atoms with Gasteiger partial charge in [-0.05, 0) is 23.6 Å². The lowest BCUT2D eigenvalue weighted by Gasteiger charge is -2.07. The molecule has 4 nitrogen and oxygen atoms in total. The summed E-state index contributed by atoms with van der Waals surface area (Å²) in [6.07, 6.45) is 1.54. The molecule has 15 heavy (non-hydrogen) atoms. The molecule has 0 fully saturated rings. The summed E-state index contributed by atoms with van der Waals surface area (Å²) in [5.41, 5.74) is 1.25. The van der Waals surface area contributed by atoms with Crippen molar-refractivity contribution in [3.8, 4) is 11.6 Å². The van der Waals surface area contributed by atoms with Crippen molar-refractivity contribution in [2.24, 2.45) is 0 Å². The van der Waals surface area contributed by atoms with Gasteiger partial charge < -0.3 is 4.74 Å². The van der Waals surface area contributed by atoms with E-state index in [0.29, 0.717) is 11.8 Å². The summed E-state index contributed by atoms with van der Waals surface area (Å²) in [6.45, 7) is 4.30. The Morgan fingerprint density at radius 3 is 2.87 bits per heavy atom. The molecule has 0 amide bonds. The average Bonchev–Trinajstić information content (AvgIpc) is 2.71. The minimum Gasteiger partial charge on any atom is -0.436 e. The fraction of sp³-hybridized carbons (Fsp3) is 0.273. The summed E-state index contributed by atoms with van der Waals surface area (Å²) in [5, 5.41) is 10.0. The lowest BCUT2D eigenvalue weighted by Crippen LogP contribution is -1.89. The lowest BCUT2D eigenvalue weighted by molar-refractivity contribution is 0.460. The highest BCUT2D eigenvalue weighted by Crippen LogP contribution is 2.23. The highest BCUT2D eigenvalue weighted by Gasteiger charge is 2.03. The highest BCUT2D eigenvalue weighted by atomic mass is 16.5. The van der Waals surface area contributed by atoms with Crippen LogP contribution in [-0.4, -0.2) is 15.4 Å². The SMILES string of the molecule is CC(C)c1cccc(Oc2cn[nH]n2)c1. The smallest absolute Gasteiger partial charge is 0.258 e. The van der Waals surface area contributed by atoms with Gasteiger partial charge in [0.15, 0.2) is 0 Å². The Bertz CT molecular complexity index is 423. The fourth-order valence-electron chi connectivity index (χ4n) is 1.30. The second kappa shape index (κ2) is 4.13. The number of aromatic amines is 1. The third kappa shape index (κ3) is 2.34.